The topological polar surface area (TPSA) is 76.2 Å². The first-order valence-electron chi connectivity index (χ1n) is 11.0. The van der Waals surface area contributed by atoms with Crippen LogP contribution in [0.5, 0.6) is 5.75 Å². The minimum Gasteiger partial charge on any atom is -0.495 e. The summed E-state index contributed by atoms with van der Waals surface area (Å²) in [6, 6.07) is 16.6. The van der Waals surface area contributed by atoms with Gasteiger partial charge in [0.1, 0.15) is 12.4 Å². The van der Waals surface area contributed by atoms with E-state index in [1.54, 1.807) is 18.1 Å². The fraction of sp³-hybridized carbons (Fsp3) is 0.320. The zero-order valence-electron chi connectivity index (χ0n) is 18.7. The second-order valence-corrected chi connectivity index (χ2v) is 10.4. The number of cyclic esters (lactones) is 1. The third-order valence-electron chi connectivity index (χ3n) is 6.60. The molecule has 0 aromatic heterocycles. The van der Waals surface area contributed by atoms with E-state index >= 15 is 0 Å². The Hall–Kier alpha value is -3.10. The minimum atomic E-state index is -3.67. The Bertz CT molecular complexity index is 1320. The molecule has 5 rings (SSSR count). The van der Waals surface area contributed by atoms with Crippen LogP contribution in [0.4, 0.5) is 10.5 Å². The van der Waals surface area contributed by atoms with Gasteiger partial charge < -0.3 is 9.47 Å². The number of hydrogen-bond acceptors (Lipinski definition) is 5. The van der Waals surface area contributed by atoms with Gasteiger partial charge in [-0.3, -0.25) is 4.90 Å². The van der Waals surface area contributed by atoms with Crippen molar-refractivity contribution in [1.82, 2.24) is 4.31 Å². The van der Waals surface area contributed by atoms with E-state index in [4.69, 9.17) is 9.47 Å². The Labute approximate surface area is 193 Å². The SMILES string of the molecule is COc1cccc2c1N(C1CCN(S(=O)(=O)c3ccc(C)c4ccccc34)CC1)C(=O)OC2. The first-order chi connectivity index (χ1) is 15.9. The van der Waals surface area contributed by atoms with Crippen molar-refractivity contribution in [2.75, 3.05) is 25.1 Å². The predicted molar refractivity (Wildman–Crippen MR) is 126 cm³/mol. The van der Waals surface area contributed by atoms with Crippen LogP contribution in [0.1, 0.15) is 24.0 Å². The van der Waals surface area contributed by atoms with E-state index in [-0.39, 0.29) is 12.6 Å². The number of ether oxygens (including phenoxy) is 2. The summed E-state index contributed by atoms with van der Waals surface area (Å²) in [4.78, 5) is 14.7. The number of aryl methyl sites for hydroxylation is 1. The zero-order valence-corrected chi connectivity index (χ0v) is 19.5. The number of hydrogen-bond donors (Lipinski definition) is 0. The number of benzene rings is 3. The van der Waals surface area contributed by atoms with E-state index < -0.39 is 16.1 Å². The first-order valence-corrected chi connectivity index (χ1v) is 12.5. The molecule has 1 amide bonds. The average molecular weight is 467 g/mol. The number of anilines is 1. The molecular formula is C25H26N2O5S. The summed E-state index contributed by atoms with van der Waals surface area (Å²) < 4.78 is 39.5. The van der Waals surface area contributed by atoms with Crippen LogP contribution in [0, 0.1) is 6.92 Å². The highest BCUT2D eigenvalue weighted by molar-refractivity contribution is 7.89. The lowest BCUT2D eigenvalue weighted by Gasteiger charge is -2.40. The number of nitrogens with zero attached hydrogens (tertiary/aromatic N) is 2. The lowest BCUT2D eigenvalue weighted by atomic mass is 10.0. The molecule has 7 nitrogen and oxygen atoms in total. The summed E-state index contributed by atoms with van der Waals surface area (Å²) in [5.74, 6) is 0.616. The van der Waals surface area contributed by atoms with Crippen molar-refractivity contribution in [3.8, 4) is 5.75 Å². The number of para-hydroxylation sites is 1. The van der Waals surface area contributed by atoms with Crippen molar-refractivity contribution in [2.24, 2.45) is 0 Å². The number of sulfonamides is 1. The van der Waals surface area contributed by atoms with Crippen LogP contribution >= 0.6 is 0 Å². The Balaban J connectivity index is 1.42. The highest BCUT2D eigenvalue weighted by Crippen LogP contribution is 2.39. The van der Waals surface area contributed by atoms with Crippen molar-refractivity contribution in [2.45, 2.75) is 37.3 Å². The molecule has 33 heavy (non-hydrogen) atoms. The van der Waals surface area contributed by atoms with Crippen molar-refractivity contribution in [3.05, 3.63) is 65.7 Å². The van der Waals surface area contributed by atoms with Crippen molar-refractivity contribution < 1.29 is 22.7 Å². The molecule has 0 radical (unpaired) electrons. The largest absolute Gasteiger partial charge is 0.495 e. The number of fused-ring (bicyclic) bond motifs is 2. The summed E-state index contributed by atoms with van der Waals surface area (Å²) in [6.07, 6.45) is 0.600. The summed E-state index contributed by atoms with van der Waals surface area (Å²) in [6.45, 7) is 2.83. The Morgan fingerprint density at radius 2 is 1.70 bits per heavy atom. The minimum absolute atomic E-state index is 0.172. The van der Waals surface area contributed by atoms with Crippen molar-refractivity contribution in [3.63, 3.8) is 0 Å². The molecule has 8 heteroatoms. The van der Waals surface area contributed by atoms with Crippen LogP contribution in [0.2, 0.25) is 0 Å². The monoisotopic (exact) mass is 466 g/mol. The van der Waals surface area contributed by atoms with Crippen LogP contribution < -0.4 is 9.64 Å². The van der Waals surface area contributed by atoms with Crippen LogP contribution in [-0.2, 0) is 21.4 Å². The maximum atomic E-state index is 13.6. The number of carbonyl (C=O) groups is 1. The Morgan fingerprint density at radius 3 is 2.42 bits per heavy atom. The molecule has 172 valence electrons. The molecule has 0 saturated carbocycles. The summed E-state index contributed by atoms with van der Waals surface area (Å²) in [7, 11) is -2.09. The van der Waals surface area contributed by atoms with Gasteiger partial charge in [0, 0.05) is 30.1 Å². The predicted octanol–water partition coefficient (Wildman–Crippen LogP) is 4.47. The Morgan fingerprint density at radius 1 is 0.970 bits per heavy atom. The van der Waals surface area contributed by atoms with Crippen LogP contribution in [0.25, 0.3) is 10.8 Å². The standard InChI is InChI=1S/C25H26N2O5S/c1-17-10-11-23(21-8-4-3-7-20(17)21)33(29,30)26-14-12-19(13-15-26)27-24-18(16-32-25(27)28)6-5-9-22(24)31-2/h3-11,19H,12-16H2,1-2H3. The molecule has 0 bridgehead atoms. The van der Waals surface area contributed by atoms with Crippen molar-refractivity contribution in [1.29, 1.82) is 0 Å². The second kappa shape index (κ2) is 8.35. The fourth-order valence-corrected chi connectivity index (χ4v) is 6.55. The van der Waals surface area contributed by atoms with Gasteiger partial charge in [0.15, 0.2) is 0 Å². The van der Waals surface area contributed by atoms with E-state index in [0.717, 1.165) is 27.6 Å². The van der Waals surface area contributed by atoms with Crippen LogP contribution in [-0.4, -0.2) is 45.1 Å². The normalized spacial score (nSPS) is 17.6. The van der Waals surface area contributed by atoms with E-state index in [1.165, 1.54) is 4.31 Å². The van der Waals surface area contributed by atoms with Crippen LogP contribution in [0.15, 0.2) is 59.5 Å². The third-order valence-corrected chi connectivity index (χ3v) is 8.56. The number of amides is 1. The molecule has 0 aliphatic carbocycles. The molecule has 2 aliphatic rings. The number of methoxy groups -OCH3 is 1. The first kappa shape index (κ1) is 21.7. The molecule has 2 heterocycles. The molecule has 3 aromatic carbocycles. The quantitative estimate of drug-likeness (QED) is 0.567. The maximum absolute atomic E-state index is 13.6. The van der Waals surface area contributed by atoms with Gasteiger partial charge in [-0.15, -0.1) is 0 Å². The van der Waals surface area contributed by atoms with E-state index in [9.17, 15) is 13.2 Å². The Kier molecular flexibility index (Phi) is 5.50. The highest BCUT2D eigenvalue weighted by Gasteiger charge is 2.38. The molecule has 0 spiro atoms. The number of piperidine rings is 1. The van der Waals surface area contributed by atoms with Gasteiger partial charge in [0.2, 0.25) is 10.0 Å². The maximum Gasteiger partial charge on any atom is 0.415 e. The van der Waals surface area contributed by atoms with Gasteiger partial charge in [-0.25, -0.2) is 13.2 Å². The zero-order chi connectivity index (χ0) is 23.2. The number of carbonyl (C=O) groups excluding carboxylic acids is 1. The van der Waals surface area contributed by atoms with Gasteiger partial charge in [-0.1, -0.05) is 42.5 Å². The van der Waals surface area contributed by atoms with E-state index in [2.05, 4.69) is 0 Å². The van der Waals surface area contributed by atoms with Gasteiger partial charge in [-0.05, 0) is 42.8 Å². The number of rotatable bonds is 4. The van der Waals surface area contributed by atoms with E-state index in [1.807, 2.05) is 55.5 Å². The highest BCUT2D eigenvalue weighted by atomic mass is 32.2. The van der Waals surface area contributed by atoms with Gasteiger partial charge >= 0.3 is 6.09 Å². The summed E-state index contributed by atoms with van der Waals surface area (Å²) in [5.41, 5.74) is 2.65. The molecule has 1 fully saturated rings. The molecule has 1 saturated heterocycles. The van der Waals surface area contributed by atoms with Gasteiger partial charge in [0.05, 0.1) is 17.7 Å². The molecule has 3 aromatic rings. The van der Waals surface area contributed by atoms with Gasteiger partial charge in [-0.2, -0.15) is 4.31 Å². The molecule has 2 aliphatic heterocycles. The molecule has 0 unspecified atom stereocenters. The smallest absolute Gasteiger partial charge is 0.415 e. The second-order valence-electron chi connectivity index (χ2n) is 8.45. The van der Waals surface area contributed by atoms with Gasteiger partial charge in [0.25, 0.3) is 0 Å². The van der Waals surface area contributed by atoms with E-state index in [0.29, 0.717) is 36.6 Å². The molecular weight excluding hydrogens is 440 g/mol. The van der Waals surface area contributed by atoms with Crippen molar-refractivity contribution >= 4 is 32.6 Å². The lowest BCUT2D eigenvalue weighted by Crippen LogP contribution is -2.50. The average Bonchev–Trinajstić information content (AvgIpc) is 2.84. The lowest BCUT2D eigenvalue weighted by molar-refractivity contribution is 0.135. The van der Waals surface area contributed by atoms with Crippen LogP contribution in [0.3, 0.4) is 0 Å². The molecule has 0 atom stereocenters. The summed E-state index contributed by atoms with van der Waals surface area (Å²) >= 11 is 0. The fourth-order valence-electron chi connectivity index (χ4n) is 4.88. The third kappa shape index (κ3) is 3.63. The molecule has 0 N–H and O–H groups in total. The summed E-state index contributed by atoms with van der Waals surface area (Å²) in [5, 5.41) is 1.67.